The summed E-state index contributed by atoms with van der Waals surface area (Å²) in [5.41, 5.74) is 0. The van der Waals surface area contributed by atoms with Crippen molar-refractivity contribution < 1.29 is 0 Å². The van der Waals surface area contributed by atoms with E-state index in [-0.39, 0.29) is 0 Å². The Morgan fingerprint density at radius 2 is 1.81 bits per heavy atom. The second-order valence-corrected chi connectivity index (χ2v) is 5.95. The minimum Gasteiger partial charge on any atom is -0.314 e. The van der Waals surface area contributed by atoms with Gasteiger partial charge in [0.05, 0.1) is 0 Å². The van der Waals surface area contributed by atoms with E-state index >= 15 is 0 Å². The lowest BCUT2D eigenvalue weighted by Crippen LogP contribution is -2.38. The SMILES string of the molecule is CCNC(C)CC(C)N1CC2CCCC2C1. The molecule has 94 valence electrons. The van der Waals surface area contributed by atoms with Crippen molar-refractivity contribution in [3.63, 3.8) is 0 Å². The number of likely N-dealkylation sites (tertiary alicyclic amines) is 1. The molecule has 1 N–H and O–H groups in total. The second kappa shape index (κ2) is 5.50. The Kier molecular flexibility index (Phi) is 4.26. The van der Waals surface area contributed by atoms with Crippen molar-refractivity contribution in [3.05, 3.63) is 0 Å². The molecule has 0 radical (unpaired) electrons. The molecule has 0 bridgehead atoms. The van der Waals surface area contributed by atoms with Crippen LogP contribution in [0.1, 0.15) is 46.5 Å². The molecule has 16 heavy (non-hydrogen) atoms. The van der Waals surface area contributed by atoms with Crippen molar-refractivity contribution >= 4 is 0 Å². The van der Waals surface area contributed by atoms with Crippen LogP contribution in [0.4, 0.5) is 0 Å². The van der Waals surface area contributed by atoms with E-state index in [1.165, 1.54) is 38.8 Å². The molecule has 0 aromatic rings. The summed E-state index contributed by atoms with van der Waals surface area (Å²) in [5.74, 6) is 2.08. The molecular weight excluding hydrogens is 196 g/mol. The minimum absolute atomic E-state index is 0.667. The van der Waals surface area contributed by atoms with E-state index in [2.05, 4.69) is 31.0 Å². The van der Waals surface area contributed by atoms with Crippen LogP contribution >= 0.6 is 0 Å². The number of hydrogen-bond donors (Lipinski definition) is 1. The van der Waals surface area contributed by atoms with Gasteiger partial charge in [-0.05, 0) is 51.5 Å². The van der Waals surface area contributed by atoms with Crippen molar-refractivity contribution in [1.29, 1.82) is 0 Å². The molecule has 2 aliphatic rings. The summed E-state index contributed by atoms with van der Waals surface area (Å²) in [6.07, 6.45) is 5.78. The first-order valence-corrected chi connectivity index (χ1v) is 7.18. The third-order valence-electron chi connectivity index (χ3n) is 4.63. The lowest BCUT2D eigenvalue weighted by Gasteiger charge is -2.27. The van der Waals surface area contributed by atoms with E-state index in [9.17, 15) is 0 Å². The summed E-state index contributed by atoms with van der Waals surface area (Å²) < 4.78 is 0. The molecule has 2 heteroatoms. The van der Waals surface area contributed by atoms with E-state index < -0.39 is 0 Å². The van der Waals surface area contributed by atoms with Crippen molar-refractivity contribution in [3.8, 4) is 0 Å². The van der Waals surface area contributed by atoms with Gasteiger partial charge >= 0.3 is 0 Å². The van der Waals surface area contributed by atoms with Gasteiger partial charge in [-0.25, -0.2) is 0 Å². The van der Waals surface area contributed by atoms with Crippen LogP contribution in [0.3, 0.4) is 0 Å². The molecule has 2 rings (SSSR count). The molecule has 1 saturated heterocycles. The van der Waals surface area contributed by atoms with E-state index in [0.29, 0.717) is 6.04 Å². The van der Waals surface area contributed by atoms with E-state index in [0.717, 1.165) is 24.4 Å². The molecule has 1 aliphatic carbocycles. The predicted octanol–water partition coefficient (Wildman–Crippen LogP) is 2.49. The van der Waals surface area contributed by atoms with Gasteiger partial charge in [-0.15, -0.1) is 0 Å². The third kappa shape index (κ3) is 2.78. The first kappa shape index (κ1) is 12.4. The van der Waals surface area contributed by atoms with Gasteiger partial charge < -0.3 is 10.2 Å². The molecule has 1 saturated carbocycles. The Labute approximate surface area is 101 Å². The number of nitrogens with one attached hydrogen (secondary N) is 1. The zero-order chi connectivity index (χ0) is 11.5. The number of fused-ring (bicyclic) bond motifs is 1. The molecule has 0 aromatic heterocycles. The summed E-state index contributed by atoms with van der Waals surface area (Å²) in [7, 11) is 0. The van der Waals surface area contributed by atoms with Gasteiger partial charge in [-0.2, -0.15) is 0 Å². The molecule has 0 aromatic carbocycles. The van der Waals surface area contributed by atoms with Crippen LogP contribution in [0.2, 0.25) is 0 Å². The minimum atomic E-state index is 0.667. The number of rotatable bonds is 5. The van der Waals surface area contributed by atoms with Gasteiger partial charge in [-0.1, -0.05) is 13.3 Å². The van der Waals surface area contributed by atoms with Gasteiger partial charge in [0.25, 0.3) is 0 Å². The first-order valence-electron chi connectivity index (χ1n) is 7.18. The standard InChI is InChI=1S/C14H28N2/c1-4-15-11(2)8-12(3)16-9-13-6-5-7-14(13)10-16/h11-15H,4-10H2,1-3H3. The summed E-state index contributed by atoms with van der Waals surface area (Å²) >= 11 is 0. The maximum absolute atomic E-state index is 3.52. The van der Waals surface area contributed by atoms with Gasteiger partial charge in [0.1, 0.15) is 0 Å². The van der Waals surface area contributed by atoms with E-state index in [1.54, 1.807) is 0 Å². The Hall–Kier alpha value is -0.0800. The highest BCUT2D eigenvalue weighted by Gasteiger charge is 2.37. The quantitative estimate of drug-likeness (QED) is 0.772. The summed E-state index contributed by atoms with van der Waals surface area (Å²) in [6.45, 7) is 10.8. The summed E-state index contributed by atoms with van der Waals surface area (Å²) in [6, 6.07) is 1.43. The Balaban J connectivity index is 1.76. The molecule has 0 amide bonds. The number of nitrogens with zero attached hydrogens (tertiary/aromatic N) is 1. The average Bonchev–Trinajstić information content (AvgIpc) is 2.76. The van der Waals surface area contributed by atoms with Crippen molar-refractivity contribution in [2.75, 3.05) is 19.6 Å². The van der Waals surface area contributed by atoms with Crippen molar-refractivity contribution in [2.24, 2.45) is 11.8 Å². The second-order valence-electron chi connectivity index (χ2n) is 5.95. The molecule has 4 unspecified atom stereocenters. The van der Waals surface area contributed by atoms with Crippen LogP contribution < -0.4 is 5.32 Å². The zero-order valence-electron chi connectivity index (χ0n) is 11.2. The maximum Gasteiger partial charge on any atom is 0.00818 e. The van der Waals surface area contributed by atoms with Crippen LogP contribution in [0.5, 0.6) is 0 Å². The van der Waals surface area contributed by atoms with Gasteiger partial charge in [0, 0.05) is 25.2 Å². The highest BCUT2D eigenvalue weighted by Crippen LogP contribution is 2.38. The summed E-state index contributed by atoms with van der Waals surface area (Å²) in [4.78, 5) is 2.74. The lowest BCUT2D eigenvalue weighted by molar-refractivity contribution is 0.215. The molecule has 2 nitrogen and oxygen atoms in total. The van der Waals surface area contributed by atoms with E-state index in [4.69, 9.17) is 0 Å². The fourth-order valence-electron chi connectivity index (χ4n) is 3.72. The Morgan fingerprint density at radius 3 is 2.38 bits per heavy atom. The average molecular weight is 224 g/mol. The van der Waals surface area contributed by atoms with Crippen molar-refractivity contribution in [1.82, 2.24) is 10.2 Å². The Bertz CT molecular complexity index is 205. The summed E-state index contributed by atoms with van der Waals surface area (Å²) in [5, 5.41) is 3.52. The molecule has 4 atom stereocenters. The maximum atomic E-state index is 3.52. The van der Waals surface area contributed by atoms with Gasteiger partial charge in [0.15, 0.2) is 0 Å². The lowest BCUT2D eigenvalue weighted by atomic mass is 10.0. The first-order chi connectivity index (χ1) is 7.70. The van der Waals surface area contributed by atoms with E-state index in [1.807, 2.05) is 0 Å². The topological polar surface area (TPSA) is 15.3 Å². The van der Waals surface area contributed by atoms with Crippen molar-refractivity contribution in [2.45, 2.75) is 58.5 Å². The van der Waals surface area contributed by atoms with Crippen LogP contribution in [-0.4, -0.2) is 36.6 Å². The number of hydrogen-bond acceptors (Lipinski definition) is 2. The zero-order valence-corrected chi connectivity index (χ0v) is 11.2. The van der Waals surface area contributed by atoms with Crippen LogP contribution in [-0.2, 0) is 0 Å². The highest BCUT2D eigenvalue weighted by molar-refractivity contribution is 4.90. The highest BCUT2D eigenvalue weighted by atomic mass is 15.2. The van der Waals surface area contributed by atoms with Crippen LogP contribution in [0, 0.1) is 11.8 Å². The van der Waals surface area contributed by atoms with Gasteiger partial charge in [-0.3, -0.25) is 0 Å². The Morgan fingerprint density at radius 1 is 1.19 bits per heavy atom. The molecule has 1 aliphatic heterocycles. The fraction of sp³-hybridized carbons (Fsp3) is 1.00. The largest absolute Gasteiger partial charge is 0.314 e. The predicted molar refractivity (Wildman–Crippen MR) is 69.6 cm³/mol. The monoisotopic (exact) mass is 224 g/mol. The molecule has 2 fully saturated rings. The third-order valence-corrected chi connectivity index (χ3v) is 4.63. The van der Waals surface area contributed by atoms with Gasteiger partial charge in [0.2, 0.25) is 0 Å². The van der Waals surface area contributed by atoms with Crippen LogP contribution in [0.25, 0.3) is 0 Å². The molecular formula is C14H28N2. The molecule has 1 heterocycles. The molecule has 0 spiro atoms. The van der Waals surface area contributed by atoms with Crippen LogP contribution in [0.15, 0.2) is 0 Å². The fourth-order valence-corrected chi connectivity index (χ4v) is 3.72. The smallest absolute Gasteiger partial charge is 0.00818 e. The normalized spacial score (nSPS) is 33.9.